The van der Waals surface area contributed by atoms with Crippen molar-refractivity contribution in [1.29, 1.82) is 0 Å². The SMILES string of the molecule is COc1cc(CC/C=C(\C)CBr)c(OC)c(C(C)C)c1. The summed E-state index contributed by atoms with van der Waals surface area (Å²) in [5.74, 6) is 2.33. The summed E-state index contributed by atoms with van der Waals surface area (Å²) in [5.41, 5.74) is 3.79. The summed E-state index contributed by atoms with van der Waals surface area (Å²) in [7, 11) is 3.46. The number of methoxy groups -OCH3 is 2. The normalized spacial score (nSPS) is 11.8. The van der Waals surface area contributed by atoms with Crippen molar-refractivity contribution in [3.05, 3.63) is 34.9 Å². The molecule has 1 rings (SSSR count). The summed E-state index contributed by atoms with van der Waals surface area (Å²) in [6.07, 6.45) is 4.24. The first-order chi connectivity index (χ1) is 9.53. The molecule has 1 aromatic carbocycles. The van der Waals surface area contributed by atoms with Crippen LogP contribution in [0.3, 0.4) is 0 Å². The Morgan fingerprint density at radius 3 is 2.45 bits per heavy atom. The fourth-order valence-corrected chi connectivity index (χ4v) is 2.42. The maximum atomic E-state index is 5.64. The van der Waals surface area contributed by atoms with Crippen LogP contribution in [-0.2, 0) is 6.42 Å². The highest BCUT2D eigenvalue weighted by Crippen LogP contribution is 2.35. The molecule has 3 heteroatoms. The maximum Gasteiger partial charge on any atom is 0.125 e. The zero-order valence-corrected chi connectivity index (χ0v) is 14.7. The van der Waals surface area contributed by atoms with E-state index in [1.54, 1.807) is 14.2 Å². The van der Waals surface area contributed by atoms with E-state index in [9.17, 15) is 0 Å². The van der Waals surface area contributed by atoms with E-state index in [2.05, 4.69) is 54.9 Å². The maximum absolute atomic E-state index is 5.64. The second kappa shape index (κ2) is 8.35. The predicted molar refractivity (Wildman–Crippen MR) is 89.5 cm³/mol. The largest absolute Gasteiger partial charge is 0.497 e. The molecule has 0 heterocycles. The van der Waals surface area contributed by atoms with Crippen LogP contribution in [0.2, 0.25) is 0 Å². The minimum Gasteiger partial charge on any atom is -0.497 e. The van der Waals surface area contributed by atoms with Gasteiger partial charge in [-0.15, -0.1) is 0 Å². The molecule has 0 saturated carbocycles. The smallest absolute Gasteiger partial charge is 0.125 e. The van der Waals surface area contributed by atoms with E-state index in [0.717, 1.165) is 29.7 Å². The number of hydrogen-bond acceptors (Lipinski definition) is 2. The van der Waals surface area contributed by atoms with Crippen molar-refractivity contribution in [3.63, 3.8) is 0 Å². The van der Waals surface area contributed by atoms with Crippen LogP contribution in [-0.4, -0.2) is 19.5 Å². The minimum absolute atomic E-state index is 0.415. The first kappa shape index (κ1) is 17.1. The van der Waals surface area contributed by atoms with Gasteiger partial charge in [0.1, 0.15) is 11.5 Å². The van der Waals surface area contributed by atoms with E-state index in [-0.39, 0.29) is 0 Å². The van der Waals surface area contributed by atoms with Gasteiger partial charge >= 0.3 is 0 Å². The van der Waals surface area contributed by atoms with Gasteiger partial charge in [0.25, 0.3) is 0 Å². The second-order valence-electron chi connectivity index (χ2n) is 5.29. The number of ether oxygens (including phenoxy) is 2. The molecular weight excluding hydrogens is 316 g/mol. The first-order valence-electron chi connectivity index (χ1n) is 6.99. The van der Waals surface area contributed by atoms with Crippen LogP contribution >= 0.6 is 15.9 Å². The van der Waals surface area contributed by atoms with Gasteiger partial charge in [0.2, 0.25) is 0 Å². The molecule has 20 heavy (non-hydrogen) atoms. The second-order valence-corrected chi connectivity index (χ2v) is 5.85. The molecule has 2 nitrogen and oxygen atoms in total. The van der Waals surface area contributed by atoms with Crippen molar-refractivity contribution in [2.45, 2.75) is 39.5 Å². The van der Waals surface area contributed by atoms with Crippen LogP contribution in [0.4, 0.5) is 0 Å². The van der Waals surface area contributed by atoms with Gasteiger partial charge in [-0.25, -0.2) is 0 Å². The average molecular weight is 341 g/mol. The van der Waals surface area contributed by atoms with Gasteiger partial charge in [-0.2, -0.15) is 0 Å². The van der Waals surface area contributed by atoms with Crippen LogP contribution in [0.15, 0.2) is 23.8 Å². The van der Waals surface area contributed by atoms with Gasteiger partial charge in [0, 0.05) is 10.9 Å². The molecule has 0 radical (unpaired) electrons. The lowest BCUT2D eigenvalue weighted by Crippen LogP contribution is -2.01. The molecular formula is C17H25BrO2. The van der Waals surface area contributed by atoms with E-state index in [1.807, 2.05) is 0 Å². The van der Waals surface area contributed by atoms with Crippen LogP contribution in [0.1, 0.15) is 44.2 Å². The average Bonchev–Trinajstić information content (AvgIpc) is 2.45. The summed E-state index contributed by atoms with van der Waals surface area (Å²) >= 11 is 3.47. The highest BCUT2D eigenvalue weighted by molar-refractivity contribution is 9.09. The zero-order chi connectivity index (χ0) is 15.1. The lowest BCUT2D eigenvalue weighted by atomic mass is 9.96. The minimum atomic E-state index is 0.415. The molecule has 0 amide bonds. The van der Waals surface area contributed by atoms with Crippen molar-refractivity contribution in [2.75, 3.05) is 19.5 Å². The van der Waals surface area contributed by atoms with Gasteiger partial charge in [-0.1, -0.05) is 41.4 Å². The highest BCUT2D eigenvalue weighted by Gasteiger charge is 2.14. The summed E-state index contributed by atoms with van der Waals surface area (Å²) in [5, 5.41) is 0.930. The van der Waals surface area contributed by atoms with Crippen molar-refractivity contribution >= 4 is 15.9 Å². The zero-order valence-electron chi connectivity index (χ0n) is 13.1. The van der Waals surface area contributed by atoms with Crippen molar-refractivity contribution in [1.82, 2.24) is 0 Å². The Hall–Kier alpha value is -0.960. The predicted octanol–water partition coefficient (Wildman–Crippen LogP) is 5.10. The van der Waals surface area contributed by atoms with E-state index in [1.165, 1.54) is 16.7 Å². The summed E-state index contributed by atoms with van der Waals surface area (Å²) in [4.78, 5) is 0. The Labute approximate surface area is 131 Å². The van der Waals surface area contributed by atoms with Crippen LogP contribution in [0.25, 0.3) is 0 Å². The number of halogens is 1. The molecule has 0 bridgehead atoms. The van der Waals surface area contributed by atoms with Crippen LogP contribution in [0.5, 0.6) is 11.5 Å². The van der Waals surface area contributed by atoms with E-state index < -0.39 is 0 Å². The lowest BCUT2D eigenvalue weighted by Gasteiger charge is -2.17. The van der Waals surface area contributed by atoms with Crippen LogP contribution < -0.4 is 9.47 Å². The Bertz CT molecular complexity index is 464. The lowest BCUT2D eigenvalue weighted by molar-refractivity contribution is 0.392. The standard InChI is InChI=1S/C17H25BrO2/c1-12(2)16-10-15(19-4)9-14(17(16)20-5)8-6-7-13(3)11-18/h7,9-10,12H,6,8,11H2,1-5H3/b13-7+. The molecule has 0 atom stereocenters. The van der Waals surface area contributed by atoms with Gasteiger partial charge in [0.05, 0.1) is 14.2 Å². The quantitative estimate of drug-likeness (QED) is 0.507. The molecule has 0 fully saturated rings. The number of rotatable bonds is 7. The fourth-order valence-electron chi connectivity index (χ4n) is 2.19. The molecule has 0 aliphatic rings. The summed E-state index contributed by atoms with van der Waals surface area (Å²) in [6, 6.07) is 4.16. The Balaban J connectivity index is 3.06. The molecule has 0 N–H and O–H groups in total. The van der Waals surface area contributed by atoms with Gasteiger partial charge in [-0.05, 0) is 43.4 Å². The third kappa shape index (κ3) is 4.55. The molecule has 0 aromatic heterocycles. The molecule has 0 aliphatic heterocycles. The Kier molecular flexibility index (Phi) is 7.14. The number of alkyl halides is 1. The molecule has 112 valence electrons. The summed E-state index contributed by atoms with van der Waals surface area (Å²) < 4.78 is 11.1. The molecule has 0 unspecified atom stereocenters. The summed E-state index contributed by atoms with van der Waals surface area (Å²) in [6.45, 7) is 6.49. The van der Waals surface area contributed by atoms with Gasteiger partial charge in [-0.3, -0.25) is 0 Å². The van der Waals surface area contributed by atoms with Gasteiger partial charge < -0.3 is 9.47 Å². The Morgan fingerprint density at radius 1 is 1.25 bits per heavy atom. The highest BCUT2D eigenvalue weighted by atomic mass is 79.9. The van der Waals surface area contributed by atoms with E-state index >= 15 is 0 Å². The molecule has 0 aliphatic carbocycles. The fraction of sp³-hybridized carbons (Fsp3) is 0.529. The number of allylic oxidation sites excluding steroid dienone is 2. The van der Waals surface area contributed by atoms with E-state index in [4.69, 9.17) is 9.47 Å². The van der Waals surface area contributed by atoms with Gasteiger partial charge in [0.15, 0.2) is 0 Å². The van der Waals surface area contributed by atoms with Crippen molar-refractivity contribution in [3.8, 4) is 11.5 Å². The molecule has 1 aromatic rings. The Morgan fingerprint density at radius 2 is 1.95 bits per heavy atom. The third-order valence-corrected chi connectivity index (χ3v) is 4.23. The third-order valence-electron chi connectivity index (χ3n) is 3.35. The topological polar surface area (TPSA) is 18.5 Å². The monoisotopic (exact) mass is 340 g/mol. The number of hydrogen-bond donors (Lipinski definition) is 0. The number of aryl methyl sites for hydroxylation is 1. The van der Waals surface area contributed by atoms with Crippen LogP contribution in [0, 0.1) is 0 Å². The van der Waals surface area contributed by atoms with Crippen molar-refractivity contribution < 1.29 is 9.47 Å². The first-order valence-corrected chi connectivity index (χ1v) is 8.12. The van der Waals surface area contributed by atoms with E-state index in [0.29, 0.717) is 5.92 Å². The van der Waals surface area contributed by atoms with Crippen molar-refractivity contribution in [2.24, 2.45) is 0 Å². The number of benzene rings is 1. The molecule has 0 saturated heterocycles. The molecule has 0 spiro atoms.